The van der Waals surface area contributed by atoms with Crippen LogP contribution in [0.5, 0.6) is 0 Å². The van der Waals surface area contributed by atoms with Crippen LogP contribution in [0, 0.1) is 19.8 Å². The summed E-state index contributed by atoms with van der Waals surface area (Å²) in [4.78, 5) is 47.7. The molecule has 0 N–H and O–H groups in total. The first-order chi connectivity index (χ1) is 18.1. The van der Waals surface area contributed by atoms with Gasteiger partial charge in [0.15, 0.2) is 5.17 Å². The number of esters is 2. The van der Waals surface area contributed by atoms with Crippen molar-refractivity contribution in [3.8, 4) is 0 Å². The van der Waals surface area contributed by atoms with E-state index in [1.807, 2.05) is 57.1 Å². The number of likely N-dealkylation sites (tertiary alicyclic amines) is 1. The van der Waals surface area contributed by atoms with E-state index in [9.17, 15) is 14.4 Å². The fourth-order valence-electron chi connectivity index (χ4n) is 5.26. The summed E-state index contributed by atoms with van der Waals surface area (Å²) in [6.07, 6.45) is 1.36. The molecule has 0 spiro atoms. The van der Waals surface area contributed by atoms with E-state index in [1.165, 1.54) is 11.8 Å². The average Bonchev–Trinajstić information content (AvgIpc) is 3.25. The van der Waals surface area contributed by atoms with Gasteiger partial charge in [0.2, 0.25) is 5.91 Å². The Balaban J connectivity index is 1.64. The fraction of sp³-hybridized carbons (Fsp3) is 0.517. The zero-order valence-electron chi connectivity index (χ0n) is 23.1. The molecule has 38 heavy (non-hydrogen) atoms. The molecule has 9 heteroatoms. The fourth-order valence-corrected chi connectivity index (χ4v) is 6.22. The Hall–Kier alpha value is -3.07. The second-order valence-electron chi connectivity index (χ2n) is 10.3. The number of hydrogen-bond acceptors (Lipinski definition) is 8. The first kappa shape index (κ1) is 28.0. The summed E-state index contributed by atoms with van der Waals surface area (Å²) < 4.78 is 10.9. The summed E-state index contributed by atoms with van der Waals surface area (Å²) in [6.45, 7) is 12.7. The Morgan fingerprint density at radius 1 is 1.18 bits per heavy atom. The van der Waals surface area contributed by atoms with E-state index in [4.69, 9.17) is 14.5 Å². The maximum atomic E-state index is 13.5. The molecule has 1 amide bonds. The minimum atomic E-state index is -0.461. The number of aryl methyl sites for hydroxylation is 2. The van der Waals surface area contributed by atoms with Gasteiger partial charge in [-0.3, -0.25) is 9.59 Å². The van der Waals surface area contributed by atoms with Gasteiger partial charge in [0.1, 0.15) is 0 Å². The number of carbonyl (C=O) groups excluding carboxylic acids is 3. The van der Waals surface area contributed by atoms with Gasteiger partial charge in [-0.1, -0.05) is 35.5 Å². The second kappa shape index (κ2) is 11.8. The Labute approximate surface area is 229 Å². The van der Waals surface area contributed by atoms with Crippen LogP contribution in [0.15, 0.2) is 45.6 Å². The Morgan fingerprint density at radius 3 is 2.63 bits per heavy atom. The van der Waals surface area contributed by atoms with Crippen molar-refractivity contribution in [1.82, 2.24) is 9.80 Å². The van der Waals surface area contributed by atoms with Crippen molar-refractivity contribution in [2.24, 2.45) is 10.9 Å². The van der Waals surface area contributed by atoms with Crippen LogP contribution in [0.3, 0.4) is 0 Å². The van der Waals surface area contributed by atoms with Crippen molar-refractivity contribution < 1.29 is 23.9 Å². The average molecular weight is 540 g/mol. The smallest absolute Gasteiger partial charge is 0.338 e. The third-order valence-corrected chi connectivity index (χ3v) is 7.90. The summed E-state index contributed by atoms with van der Waals surface area (Å²) >= 11 is 1.46. The van der Waals surface area contributed by atoms with Gasteiger partial charge in [-0.05, 0) is 70.9 Å². The summed E-state index contributed by atoms with van der Waals surface area (Å²) in [5.41, 5.74) is 5.04. The standard InChI is InChI=1S/C29H37N3O5S/c1-7-36-27(34)21-9-8-12-31(15-21)24(33)14-22-16-38-29-30-20(6)25(28(35)37-17(2)3)26(32(22)29)23-11-10-18(4)13-19(23)5/h10-11,13,16-17,21,26H,7-9,12,14-15H2,1-6H3/t21-,26-/m1/s1. The van der Waals surface area contributed by atoms with Crippen molar-refractivity contribution in [1.29, 1.82) is 0 Å². The zero-order chi connectivity index (χ0) is 27.6. The van der Waals surface area contributed by atoms with Crippen molar-refractivity contribution in [3.05, 3.63) is 57.3 Å². The maximum absolute atomic E-state index is 13.5. The molecule has 0 radical (unpaired) electrons. The highest BCUT2D eigenvalue weighted by Gasteiger charge is 2.42. The largest absolute Gasteiger partial charge is 0.466 e. The van der Waals surface area contributed by atoms with E-state index in [-0.39, 0.29) is 30.3 Å². The Bertz CT molecular complexity index is 1220. The molecule has 1 aromatic carbocycles. The van der Waals surface area contributed by atoms with Crippen molar-refractivity contribution in [2.45, 2.75) is 73.0 Å². The van der Waals surface area contributed by atoms with Crippen LogP contribution >= 0.6 is 11.8 Å². The number of fused-ring (bicyclic) bond motifs is 1. The van der Waals surface area contributed by atoms with Crippen molar-refractivity contribution >= 4 is 34.8 Å². The lowest BCUT2D eigenvalue weighted by molar-refractivity contribution is -0.151. The van der Waals surface area contributed by atoms with Crippen molar-refractivity contribution in [3.63, 3.8) is 0 Å². The number of allylic oxidation sites excluding steroid dienone is 1. The Kier molecular flexibility index (Phi) is 8.65. The van der Waals surface area contributed by atoms with E-state index in [0.717, 1.165) is 40.4 Å². The first-order valence-electron chi connectivity index (χ1n) is 13.3. The van der Waals surface area contributed by atoms with Gasteiger partial charge in [0.05, 0.1) is 42.4 Å². The van der Waals surface area contributed by atoms with E-state index in [2.05, 4.69) is 6.07 Å². The highest BCUT2D eigenvalue weighted by atomic mass is 32.2. The summed E-state index contributed by atoms with van der Waals surface area (Å²) in [6, 6.07) is 5.72. The molecule has 0 aliphatic carbocycles. The van der Waals surface area contributed by atoms with Crippen LogP contribution in [0.25, 0.3) is 0 Å². The van der Waals surface area contributed by atoms with Crippen molar-refractivity contribution in [2.75, 3.05) is 19.7 Å². The van der Waals surface area contributed by atoms with Gasteiger partial charge >= 0.3 is 11.9 Å². The molecule has 0 aromatic heterocycles. The molecule has 0 saturated carbocycles. The van der Waals surface area contributed by atoms with Gasteiger partial charge in [0.25, 0.3) is 0 Å². The van der Waals surface area contributed by atoms with E-state index in [0.29, 0.717) is 31.0 Å². The number of thioether (sulfide) groups is 1. The first-order valence-corrected chi connectivity index (χ1v) is 14.2. The second-order valence-corrected chi connectivity index (χ2v) is 11.2. The third kappa shape index (κ3) is 5.82. The molecule has 0 bridgehead atoms. The number of aliphatic imine (C=N–C) groups is 1. The lowest BCUT2D eigenvalue weighted by Gasteiger charge is -2.38. The minimum absolute atomic E-state index is 0.0518. The van der Waals surface area contributed by atoms with Crippen LogP contribution < -0.4 is 0 Å². The predicted octanol–water partition coefficient (Wildman–Crippen LogP) is 5.02. The molecule has 1 aromatic rings. The Morgan fingerprint density at radius 2 is 1.95 bits per heavy atom. The van der Waals surface area contributed by atoms with Gasteiger partial charge in [-0.25, -0.2) is 9.79 Å². The molecule has 8 nitrogen and oxygen atoms in total. The highest BCUT2D eigenvalue weighted by molar-refractivity contribution is 8.16. The van der Waals surface area contributed by atoms with E-state index < -0.39 is 12.0 Å². The lowest BCUT2D eigenvalue weighted by atomic mass is 9.90. The molecule has 0 unspecified atom stereocenters. The number of benzene rings is 1. The number of amides is 1. The molecular weight excluding hydrogens is 502 g/mol. The molecule has 3 heterocycles. The number of ether oxygens (including phenoxy) is 2. The van der Waals surface area contributed by atoms with Crippen LogP contribution in [-0.4, -0.2) is 58.6 Å². The SMILES string of the molecule is CCOC(=O)[C@@H]1CCCN(C(=O)CC2=CSC3=NC(C)=C(C(=O)OC(C)C)[C@@H](c4ccc(C)cc4C)N23)C1. The topological polar surface area (TPSA) is 88.5 Å². The predicted molar refractivity (Wildman–Crippen MR) is 148 cm³/mol. The zero-order valence-corrected chi connectivity index (χ0v) is 23.9. The maximum Gasteiger partial charge on any atom is 0.338 e. The number of carbonyl (C=O) groups is 3. The number of rotatable bonds is 7. The molecule has 204 valence electrons. The lowest BCUT2D eigenvalue weighted by Crippen LogP contribution is -2.44. The molecule has 1 saturated heterocycles. The van der Waals surface area contributed by atoms with Crippen LogP contribution in [0.1, 0.15) is 69.7 Å². The minimum Gasteiger partial charge on any atom is -0.466 e. The van der Waals surface area contributed by atoms with E-state index in [1.54, 1.807) is 11.8 Å². The molecule has 4 rings (SSSR count). The summed E-state index contributed by atoms with van der Waals surface area (Å²) in [5, 5.41) is 2.68. The van der Waals surface area contributed by atoms with Crippen LogP contribution in [-0.2, 0) is 23.9 Å². The molecule has 1 fully saturated rings. The van der Waals surface area contributed by atoms with Gasteiger partial charge in [-0.2, -0.15) is 0 Å². The monoisotopic (exact) mass is 539 g/mol. The van der Waals surface area contributed by atoms with Gasteiger partial charge in [-0.15, -0.1) is 0 Å². The number of piperidine rings is 1. The normalized spacial score (nSPS) is 21.2. The molecule has 2 atom stereocenters. The molecule has 3 aliphatic rings. The van der Waals surface area contributed by atoms with E-state index >= 15 is 0 Å². The highest BCUT2D eigenvalue weighted by Crippen LogP contribution is 2.46. The van der Waals surface area contributed by atoms with Crippen LogP contribution in [0.4, 0.5) is 0 Å². The number of amidine groups is 1. The number of hydrogen-bond donors (Lipinski definition) is 0. The molecule has 3 aliphatic heterocycles. The number of nitrogens with zero attached hydrogens (tertiary/aromatic N) is 3. The summed E-state index contributed by atoms with van der Waals surface area (Å²) in [5.74, 6) is -0.988. The van der Waals surface area contributed by atoms with Gasteiger partial charge in [0, 0.05) is 18.8 Å². The van der Waals surface area contributed by atoms with Crippen LogP contribution in [0.2, 0.25) is 0 Å². The third-order valence-electron chi connectivity index (χ3n) is 7.01. The summed E-state index contributed by atoms with van der Waals surface area (Å²) in [7, 11) is 0. The van der Waals surface area contributed by atoms with Gasteiger partial charge < -0.3 is 19.3 Å². The quantitative estimate of drug-likeness (QED) is 0.450. The molecular formula is C29H37N3O5S.